The third-order valence-electron chi connectivity index (χ3n) is 2.56. The highest BCUT2D eigenvalue weighted by atomic mass is 16.6. The van der Waals surface area contributed by atoms with Crippen LogP contribution in [0.25, 0.3) is 0 Å². The molecule has 0 radical (unpaired) electrons. The van der Waals surface area contributed by atoms with Crippen molar-refractivity contribution in [2.24, 2.45) is 0 Å². The highest BCUT2D eigenvalue weighted by molar-refractivity contribution is 5.98. The van der Waals surface area contributed by atoms with E-state index in [1.165, 1.54) is 12.1 Å². The second kappa shape index (κ2) is 5.34. The molecular weight excluding hydrogens is 266 g/mol. The molecule has 1 amide bonds. The Morgan fingerprint density at radius 3 is 2.85 bits per heavy atom. The first-order chi connectivity index (χ1) is 9.47. The molecule has 0 unspecified atom stereocenters. The fourth-order valence-corrected chi connectivity index (χ4v) is 1.64. The normalized spacial score (nSPS) is 10.2. The van der Waals surface area contributed by atoms with Gasteiger partial charge in [0.2, 0.25) is 0 Å². The van der Waals surface area contributed by atoms with Gasteiger partial charge in [-0.3, -0.25) is 19.9 Å². The molecule has 9 nitrogen and oxygen atoms in total. The van der Waals surface area contributed by atoms with Gasteiger partial charge in [-0.15, -0.1) is 0 Å². The molecule has 104 valence electrons. The number of aromatic nitrogens is 3. The van der Waals surface area contributed by atoms with Gasteiger partial charge in [0.05, 0.1) is 11.5 Å². The van der Waals surface area contributed by atoms with Crippen molar-refractivity contribution >= 4 is 11.6 Å². The van der Waals surface area contributed by atoms with E-state index < -0.39 is 16.5 Å². The van der Waals surface area contributed by atoms with Crippen molar-refractivity contribution in [2.75, 3.05) is 0 Å². The smallest absolute Gasteiger partial charge is 0.340 e. The van der Waals surface area contributed by atoms with Gasteiger partial charge in [-0.05, 0) is 18.6 Å². The zero-order chi connectivity index (χ0) is 14.7. The van der Waals surface area contributed by atoms with Crippen LogP contribution in [-0.2, 0) is 6.54 Å². The predicted octanol–water partition coefficient (Wildman–Crippen LogP) is 0.245. The Bertz CT molecular complexity index is 718. The van der Waals surface area contributed by atoms with Crippen molar-refractivity contribution in [3.05, 3.63) is 55.7 Å². The molecule has 3 N–H and O–H groups in total. The number of benzene rings is 1. The molecule has 2 aromatic rings. The number of H-pyrrole nitrogens is 2. The topological polar surface area (TPSA) is 134 Å². The number of nitro groups is 1. The van der Waals surface area contributed by atoms with E-state index in [9.17, 15) is 19.7 Å². The molecule has 0 aliphatic carbocycles. The number of carbonyl (C=O) groups excluding carboxylic acids is 1. The minimum Gasteiger partial charge on any atom is -0.345 e. The van der Waals surface area contributed by atoms with Crippen LogP contribution < -0.4 is 11.0 Å². The summed E-state index contributed by atoms with van der Waals surface area (Å²) in [6, 6.07) is 4.27. The van der Waals surface area contributed by atoms with Gasteiger partial charge in [0, 0.05) is 6.07 Å². The van der Waals surface area contributed by atoms with Crippen LogP contribution >= 0.6 is 0 Å². The zero-order valence-electron chi connectivity index (χ0n) is 10.5. The number of nitrogens with one attached hydrogen (secondary N) is 3. The Balaban J connectivity index is 2.18. The molecule has 1 aromatic carbocycles. The van der Waals surface area contributed by atoms with E-state index in [2.05, 4.69) is 20.5 Å². The Hall–Kier alpha value is -2.97. The summed E-state index contributed by atoms with van der Waals surface area (Å²) in [5, 5.41) is 19.1. The lowest BCUT2D eigenvalue weighted by atomic mass is 10.1. The minimum atomic E-state index is -0.620. The first kappa shape index (κ1) is 13.5. The second-order valence-corrected chi connectivity index (χ2v) is 4.08. The molecule has 0 aliphatic heterocycles. The summed E-state index contributed by atoms with van der Waals surface area (Å²) in [6.07, 6.45) is 0. The standard InChI is InChI=1S/C11H11N5O4/c1-6-2-3-8(16(19)20)7(4-6)10(17)12-5-9-13-11(18)15-14-9/h2-4H,5H2,1H3,(H,12,17)(H2,13,14,15,18). The van der Waals surface area contributed by atoms with E-state index in [1.54, 1.807) is 13.0 Å². The van der Waals surface area contributed by atoms with Crippen LogP contribution in [0, 0.1) is 17.0 Å². The fourth-order valence-electron chi connectivity index (χ4n) is 1.64. The molecule has 1 aromatic heterocycles. The molecule has 0 aliphatic rings. The summed E-state index contributed by atoms with van der Waals surface area (Å²) in [4.78, 5) is 35.4. The van der Waals surface area contributed by atoms with E-state index in [4.69, 9.17) is 0 Å². The van der Waals surface area contributed by atoms with Crippen LogP contribution in [-0.4, -0.2) is 26.0 Å². The Morgan fingerprint density at radius 2 is 2.25 bits per heavy atom. The van der Waals surface area contributed by atoms with Crippen LogP contribution in [0.2, 0.25) is 0 Å². The van der Waals surface area contributed by atoms with Crippen LogP contribution in [0.4, 0.5) is 5.69 Å². The van der Waals surface area contributed by atoms with Gasteiger partial charge in [-0.2, -0.15) is 5.10 Å². The maximum Gasteiger partial charge on any atom is 0.340 e. The van der Waals surface area contributed by atoms with Gasteiger partial charge in [0.25, 0.3) is 11.6 Å². The number of aryl methyl sites for hydroxylation is 1. The summed E-state index contributed by atoms with van der Waals surface area (Å²) in [5.41, 5.74) is -0.0683. The molecular formula is C11H11N5O4. The Kier molecular flexibility index (Phi) is 3.60. The molecule has 0 fully saturated rings. The maximum absolute atomic E-state index is 12.0. The van der Waals surface area contributed by atoms with Crippen molar-refractivity contribution in [3.63, 3.8) is 0 Å². The van der Waals surface area contributed by atoms with Gasteiger partial charge < -0.3 is 5.32 Å². The highest BCUT2D eigenvalue weighted by Gasteiger charge is 2.20. The van der Waals surface area contributed by atoms with Crippen molar-refractivity contribution in [3.8, 4) is 0 Å². The number of carbonyl (C=O) groups is 1. The molecule has 0 spiro atoms. The monoisotopic (exact) mass is 277 g/mol. The largest absolute Gasteiger partial charge is 0.345 e. The van der Waals surface area contributed by atoms with E-state index in [1.807, 2.05) is 0 Å². The Labute approximate surface area is 112 Å². The predicted molar refractivity (Wildman–Crippen MR) is 68.2 cm³/mol. The van der Waals surface area contributed by atoms with Crippen LogP contribution in [0.1, 0.15) is 21.7 Å². The quantitative estimate of drug-likeness (QED) is 0.543. The van der Waals surface area contributed by atoms with Crippen molar-refractivity contribution < 1.29 is 9.72 Å². The molecule has 20 heavy (non-hydrogen) atoms. The lowest BCUT2D eigenvalue weighted by Gasteiger charge is -2.05. The number of nitrogens with zero attached hydrogens (tertiary/aromatic N) is 2. The summed E-state index contributed by atoms with van der Waals surface area (Å²) in [5.74, 6) is -0.372. The van der Waals surface area contributed by atoms with Crippen molar-refractivity contribution in [1.29, 1.82) is 0 Å². The van der Waals surface area contributed by atoms with Crippen LogP contribution in [0.5, 0.6) is 0 Å². The number of amides is 1. The third kappa shape index (κ3) is 2.88. The van der Waals surface area contributed by atoms with E-state index in [-0.39, 0.29) is 23.6 Å². The summed E-state index contributed by atoms with van der Waals surface area (Å²) >= 11 is 0. The number of aromatic amines is 2. The van der Waals surface area contributed by atoms with Crippen LogP contribution in [0.3, 0.4) is 0 Å². The van der Waals surface area contributed by atoms with Crippen molar-refractivity contribution in [2.45, 2.75) is 13.5 Å². The van der Waals surface area contributed by atoms with Crippen molar-refractivity contribution in [1.82, 2.24) is 20.5 Å². The number of hydrogen-bond donors (Lipinski definition) is 3. The van der Waals surface area contributed by atoms with Gasteiger partial charge in [-0.1, -0.05) is 6.07 Å². The molecule has 1 heterocycles. The molecule has 0 atom stereocenters. The van der Waals surface area contributed by atoms with Gasteiger partial charge in [-0.25, -0.2) is 9.89 Å². The average molecular weight is 277 g/mol. The first-order valence-electron chi connectivity index (χ1n) is 5.64. The molecule has 0 bridgehead atoms. The zero-order valence-corrected chi connectivity index (χ0v) is 10.5. The number of nitro benzene ring substituents is 1. The maximum atomic E-state index is 12.0. The third-order valence-corrected chi connectivity index (χ3v) is 2.56. The lowest BCUT2D eigenvalue weighted by Crippen LogP contribution is -2.24. The Morgan fingerprint density at radius 1 is 1.50 bits per heavy atom. The SMILES string of the molecule is Cc1ccc([N+](=O)[O-])c(C(=O)NCc2n[nH]c(=O)[nH]2)c1. The summed E-state index contributed by atoms with van der Waals surface area (Å²) in [7, 11) is 0. The van der Waals surface area contributed by atoms with E-state index in [0.717, 1.165) is 5.56 Å². The number of rotatable bonds is 4. The molecule has 0 saturated heterocycles. The second-order valence-electron chi connectivity index (χ2n) is 4.08. The minimum absolute atomic E-state index is 0.0344. The van der Waals surface area contributed by atoms with E-state index in [0.29, 0.717) is 0 Å². The van der Waals surface area contributed by atoms with E-state index >= 15 is 0 Å². The van der Waals surface area contributed by atoms with Gasteiger partial charge >= 0.3 is 5.69 Å². The summed E-state index contributed by atoms with van der Waals surface area (Å²) < 4.78 is 0. The fraction of sp³-hybridized carbons (Fsp3) is 0.182. The average Bonchev–Trinajstić information content (AvgIpc) is 2.81. The first-order valence-corrected chi connectivity index (χ1v) is 5.64. The van der Waals surface area contributed by atoms with Crippen LogP contribution in [0.15, 0.2) is 23.0 Å². The van der Waals surface area contributed by atoms with Gasteiger partial charge in [0.1, 0.15) is 11.4 Å². The lowest BCUT2D eigenvalue weighted by molar-refractivity contribution is -0.385. The van der Waals surface area contributed by atoms with Gasteiger partial charge in [0.15, 0.2) is 0 Å². The molecule has 0 saturated carbocycles. The molecule has 2 rings (SSSR count). The summed E-state index contributed by atoms with van der Waals surface area (Å²) in [6.45, 7) is 1.69. The molecule has 9 heteroatoms. The highest BCUT2D eigenvalue weighted by Crippen LogP contribution is 2.19. The number of hydrogen-bond acceptors (Lipinski definition) is 5.